The van der Waals surface area contributed by atoms with Gasteiger partial charge in [0.2, 0.25) is 5.91 Å². The topological polar surface area (TPSA) is 79.5 Å². The van der Waals surface area contributed by atoms with Crippen molar-refractivity contribution < 1.29 is 14.0 Å². The maximum Gasteiger partial charge on any atom is 0.256 e. The average molecular weight is 425 g/mol. The fourth-order valence-corrected chi connectivity index (χ4v) is 4.25. The van der Waals surface area contributed by atoms with Crippen molar-refractivity contribution in [2.24, 2.45) is 5.73 Å². The monoisotopic (exact) mass is 424 g/mol. The van der Waals surface area contributed by atoms with E-state index in [1.54, 1.807) is 40.5 Å². The Labute approximate surface area is 177 Å². The predicted molar refractivity (Wildman–Crippen MR) is 114 cm³/mol. The van der Waals surface area contributed by atoms with Gasteiger partial charge in [-0.1, -0.05) is 24.3 Å². The summed E-state index contributed by atoms with van der Waals surface area (Å²) in [5.74, 6) is -1.19. The minimum atomic E-state index is -0.483. The maximum absolute atomic E-state index is 13.9. The number of amides is 2. The van der Waals surface area contributed by atoms with Crippen LogP contribution >= 0.6 is 11.3 Å². The fourth-order valence-electron chi connectivity index (χ4n) is 3.43. The first-order valence-corrected chi connectivity index (χ1v) is 10.5. The molecule has 1 aliphatic rings. The Bertz CT molecular complexity index is 1060. The predicted octanol–water partition coefficient (Wildman–Crippen LogP) is 3.01. The van der Waals surface area contributed by atoms with Crippen molar-refractivity contribution in [3.63, 3.8) is 0 Å². The number of halogens is 1. The normalized spacial score (nSPS) is 14.6. The first kappa shape index (κ1) is 20.2. The first-order chi connectivity index (χ1) is 14.5. The van der Waals surface area contributed by atoms with E-state index < -0.39 is 11.7 Å². The zero-order valence-electron chi connectivity index (χ0n) is 16.3. The molecule has 2 amide bonds. The minimum absolute atomic E-state index is 0.123. The van der Waals surface area contributed by atoms with E-state index in [0.29, 0.717) is 38.3 Å². The van der Waals surface area contributed by atoms with Crippen molar-refractivity contribution in [3.8, 4) is 10.6 Å². The highest BCUT2D eigenvalue weighted by atomic mass is 32.1. The molecule has 0 saturated carbocycles. The first-order valence-electron chi connectivity index (χ1n) is 9.62. The number of benzene rings is 2. The van der Waals surface area contributed by atoms with Crippen molar-refractivity contribution in [3.05, 3.63) is 76.5 Å². The molecule has 1 aromatic heterocycles. The Kier molecular flexibility index (Phi) is 5.87. The molecule has 1 saturated heterocycles. The van der Waals surface area contributed by atoms with Crippen LogP contribution < -0.4 is 5.73 Å². The Balaban J connectivity index is 1.34. The number of thiazole rings is 1. The number of primary amides is 1. The van der Waals surface area contributed by atoms with Gasteiger partial charge in [-0.05, 0) is 24.3 Å². The number of hydrogen-bond donors (Lipinski definition) is 1. The molecule has 3 aromatic rings. The Morgan fingerprint density at radius 3 is 2.40 bits per heavy atom. The van der Waals surface area contributed by atoms with Crippen LogP contribution in [0, 0.1) is 5.82 Å². The summed E-state index contributed by atoms with van der Waals surface area (Å²) in [7, 11) is 0. The molecule has 2 heterocycles. The highest BCUT2D eigenvalue weighted by Crippen LogP contribution is 2.25. The molecule has 8 heteroatoms. The summed E-state index contributed by atoms with van der Waals surface area (Å²) in [5.41, 5.74) is 7.77. The zero-order chi connectivity index (χ0) is 21.1. The van der Waals surface area contributed by atoms with Crippen LogP contribution in [0.5, 0.6) is 0 Å². The molecule has 1 aliphatic heterocycles. The second kappa shape index (κ2) is 8.73. The molecule has 0 atom stereocenters. The molecule has 0 aliphatic carbocycles. The highest BCUT2D eigenvalue weighted by Gasteiger charge is 2.24. The molecular weight excluding hydrogens is 403 g/mol. The average Bonchev–Trinajstić information content (AvgIpc) is 3.23. The number of hydrogen-bond acceptors (Lipinski definition) is 5. The molecule has 0 spiro atoms. The third kappa shape index (κ3) is 4.39. The van der Waals surface area contributed by atoms with Gasteiger partial charge < -0.3 is 10.6 Å². The van der Waals surface area contributed by atoms with Gasteiger partial charge in [0.25, 0.3) is 5.91 Å². The lowest BCUT2D eigenvalue weighted by atomic mass is 10.1. The summed E-state index contributed by atoms with van der Waals surface area (Å²) >= 11 is 1.55. The van der Waals surface area contributed by atoms with Crippen LogP contribution in [0.3, 0.4) is 0 Å². The van der Waals surface area contributed by atoms with E-state index >= 15 is 0 Å². The van der Waals surface area contributed by atoms with E-state index in [1.807, 2.05) is 17.5 Å². The summed E-state index contributed by atoms with van der Waals surface area (Å²) in [5, 5.41) is 2.91. The van der Waals surface area contributed by atoms with Gasteiger partial charge in [0.15, 0.2) is 0 Å². The lowest BCUT2D eigenvalue weighted by molar-refractivity contribution is 0.0622. The van der Waals surface area contributed by atoms with E-state index in [9.17, 15) is 14.0 Å². The third-order valence-electron chi connectivity index (χ3n) is 5.12. The number of carbonyl (C=O) groups is 2. The molecule has 4 rings (SSSR count). The van der Waals surface area contributed by atoms with Gasteiger partial charge in [-0.25, -0.2) is 9.37 Å². The number of aromatic nitrogens is 1. The lowest BCUT2D eigenvalue weighted by Crippen LogP contribution is -2.48. The smallest absolute Gasteiger partial charge is 0.256 e. The second-order valence-electron chi connectivity index (χ2n) is 7.13. The van der Waals surface area contributed by atoms with Gasteiger partial charge >= 0.3 is 0 Å². The number of nitrogens with two attached hydrogens (primary N) is 1. The van der Waals surface area contributed by atoms with Crippen molar-refractivity contribution in [2.45, 2.75) is 6.54 Å². The van der Waals surface area contributed by atoms with Crippen LogP contribution in [-0.4, -0.2) is 52.8 Å². The van der Waals surface area contributed by atoms with E-state index in [2.05, 4.69) is 4.90 Å². The lowest BCUT2D eigenvalue weighted by Gasteiger charge is -2.34. The van der Waals surface area contributed by atoms with E-state index in [0.717, 1.165) is 16.3 Å². The van der Waals surface area contributed by atoms with Crippen LogP contribution in [-0.2, 0) is 6.54 Å². The number of piperazine rings is 1. The molecule has 2 aromatic carbocycles. The summed E-state index contributed by atoms with van der Waals surface area (Å²) in [6, 6.07) is 13.2. The quantitative estimate of drug-likeness (QED) is 0.683. The molecule has 2 N–H and O–H groups in total. The van der Waals surface area contributed by atoms with Gasteiger partial charge in [0, 0.05) is 49.2 Å². The van der Waals surface area contributed by atoms with Gasteiger partial charge in [-0.15, -0.1) is 11.3 Å². The van der Waals surface area contributed by atoms with Gasteiger partial charge in [-0.3, -0.25) is 14.5 Å². The van der Waals surface area contributed by atoms with Crippen LogP contribution in [0.2, 0.25) is 0 Å². The van der Waals surface area contributed by atoms with Crippen LogP contribution in [0.4, 0.5) is 4.39 Å². The third-order valence-corrected chi connectivity index (χ3v) is 6.06. The largest absolute Gasteiger partial charge is 0.366 e. The molecule has 0 bridgehead atoms. The Morgan fingerprint density at radius 2 is 1.73 bits per heavy atom. The SMILES string of the molecule is NC(=O)c1ccc(-c2nc(CN3CCN(C(=O)c4ccccc4F)CC3)cs2)cc1. The molecule has 1 fully saturated rings. The van der Waals surface area contributed by atoms with Crippen LogP contribution in [0.1, 0.15) is 26.4 Å². The summed E-state index contributed by atoms with van der Waals surface area (Å²) in [6.45, 7) is 3.22. The van der Waals surface area contributed by atoms with Gasteiger partial charge in [-0.2, -0.15) is 0 Å². The van der Waals surface area contributed by atoms with E-state index in [1.165, 1.54) is 12.1 Å². The van der Waals surface area contributed by atoms with Crippen LogP contribution in [0.15, 0.2) is 53.9 Å². The van der Waals surface area contributed by atoms with E-state index in [4.69, 9.17) is 10.7 Å². The molecule has 154 valence electrons. The maximum atomic E-state index is 13.9. The molecule has 6 nitrogen and oxygen atoms in total. The van der Waals surface area contributed by atoms with Crippen molar-refractivity contribution in [2.75, 3.05) is 26.2 Å². The second-order valence-corrected chi connectivity index (χ2v) is 7.99. The number of carbonyl (C=O) groups excluding carboxylic acids is 2. The van der Waals surface area contributed by atoms with Gasteiger partial charge in [0.1, 0.15) is 10.8 Å². The van der Waals surface area contributed by atoms with E-state index in [-0.39, 0.29) is 11.5 Å². The van der Waals surface area contributed by atoms with Crippen molar-refractivity contribution in [1.82, 2.24) is 14.8 Å². The van der Waals surface area contributed by atoms with Crippen molar-refractivity contribution >= 4 is 23.2 Å². The summed E-state index contributed by atoms with van der Waals surface area (Å²) < 4.78 is 13.9. The highest BCUT2D eigenvalue weighted by molar-refractivity contribution is 7.13. The fraction of sp³-hybridized carbons (Fsp3) is 0.227. The van der Waals surface area contributed by atoms with Crippen molar-refractivity contribution in [1.29, 1.82) is 0 Å². The number of nitrogens with zero attached hydrogens (tertiary/aromatic N) is 3. The standard InChI is InChI=1S/C22H21FN4O2S/c23-19-4-2-1-3-18(19)22(29)27-11-9-26(10-12-27)13-17-14-30-21(25-17)16-7-5-15(6-8-16)20(24)28/h1-8,14H,9-13H2,(H2,24,28). The molecule has 0 radical (unpaired) electrons. The summed E-state index contributed by atoms with van der Waals surface area (Å²) in [4.78, 5) is 32.4. The van der Waals surface area contributed by atoms with Crippen LogP contribution in [0.25, 0.3) is 10.6 Å². The molecule has 30 heavy (non-hydrogen) atoms. The zero-order valence-corrected chi connectivity index (χ0v) is 17.1. The molecular formula is C22H21FN4O2S. The Hall–Kier alpha value is -3.10. The number of rotatable bonds is 5. The minimum Gasteiger partial charge on any atom is -0.366 e. The summed E-state index contributed by atoms with van der Waals surface area (Å²) in [6.07, 6.45) is 0. The van der Waals surface area contributed by atoms with Gasteiger partial charge in [0.05, 0.1) is 11.3 Å². The molecule has 0 unspecified atom stereocenters. The Morgan fingerprint density at radius 1 is 1.03 bits per heavy atom.